The first-order valence-corrected chi connectivity index (χ1v) is 6.38. The molecule has 0 bridgehead atoms. The molecular formula is C12H17ClN2O4. The third-order valence-corrected chi connectivity index (χ3v) is 2.59. The molecule has 0 aliphatic rings. The van der Waals surface area contributed by atoms with Gasteiger partial charge >= 0.3 is 5.69 Å². The molecule has 0 aliphatic carbocycles. The van der Waals surface area contributed by atoms with Gasteiger partial charge in [-0.05, 0) is 19.0 Å². The largest absolute Gasteiger partial charge is 0.484 e. The molecule has 1 unspecified atom stereocenters. The van der Waals surface area contributed by atoms with E-state index in [9.17, 15) is 15.2 Å². The van der Waals surface area contributed by atoms with Crippen LogP contribution in [0.1, 0.15) is 13.3 Å². The van der Waals surface area contributed by atoms with Crippen molar-refractivity contribution >= 4 is 17.3 Å². The highest BCUT2D eigenvalue weighted by molar-refractivity contribution is 6.30. The zero-order chi connectivity index (χ0) is 14.3. The lowest BCUT2D eigenvalue weighted by Crippen LogP contribution is -2.31. The van der Waals surface area contributed by atoms with Gasteiger partial charge in [0.1, 0.15) is 12.7 Å². The second-order valence-corrected chi connectivity index (χ2v) is 4.47. The molecule has 1 rings (SSSR count). The molecule has 2 N–H and O–H groups in total. The van der Waals surface area contributed by atoms with Crippen LogP contribution in [0.4, 0.5) is 5.69 Å². The van der Waals surface area contributed by atoms with Crippen molar-refractivity contribution in [3.63, 3.8) is 0 Å². The van der Waals surface area contributed by atoms with E-state index in [2.05, 4.69) is 5.32 Å². The molecule has 0 fully saturated rings. The van der Waals surface area contributed by atoms with E-state index in [-0.39, 0.29) is 18.0 Å². The molecule has 1 aromatic rings. The summed E-state index contributed by atoms with van der Waals surface area (Å²) in [6.45, 7) is 3.17. The van der Waals surface area contributed by atoms with E-state index >= 15 is 0 Å². The number of nitrogens with zero attached hydrogens (tertiary/aromatic N) is 1. The first-order chi connectivity index (χ1) is 9.04. The summed E-state index contributed by atoms with van der Waals surface area (Å²) < 4.78 is 5.26. The van der Waals surface area contributed by atoms with Crippen molar-refractivity contribution in [1.82, 2.24) is 5.32 Å². The first-order valence-electron chi connectivity index (χ1n) is 6.00. The quantitative estimate of drug-likeness (QED) is 0.434. The average molecular weight is 289 g/mol. The Bertz CT molecular complexity index is 428. The van der Waals surface area contributed by atoms with E-state index in [1.165, 1.54) is 18.2 Å². The second kappa shape index (κ2) is 7.93. The van der Waals surface area contributed by atoms with Crippen LogP contribution < -0.4 is 10.1 Å². The van der Waals surface area contributed by atoms with E-state index < -0.39 is 11.0 Å². The molecule has 19 heavy (non-hydrogen) atoms. The Kier molecular flexibility index (Phi) is 6.55. The number of benzene rings is 1. The fourth-order valence-corrected chi connectivity index (χ4v) is 1.61. The molecule has 106 valence electrons. The van der Waals surface area contributed by atoms with Gasteiger partial charge in [-0.15, -0.1) is 0 Å². The van der Waals surface area contributed by atoms with Crippen molar-refractivity contribution in [2.75, 3.05) is 19.7 Å². The number of nitrogens with one attached hydrogen (secondary N) is 1. The van der Waals surface area contributed by atoms with Gasteiger partial charge in [0, 0.05) is 23.7 Å². The minimum Gasteiger partial charge on any atom is -0.484 e. The molecule has 0 radical (unpaired) electrons. The molecule has 1 atom stereocenters. The SMILES string of the molecule is CCCNCC(O)COc1cc(Cl)ccc1[N+](=O)[O-]. The van der Waals surface area contributed by atoms with Crippen LogP contribution in [-0.4, -0.2) is 35.8 Å². The van der Waals surface area contributed by atoms with Gasteiger partial charge in [0.05, 0.1) is 4.92 Å². The van der Waals surface area contributed by atoms with E-state index in [0.717, 1.165) is 13.0 Å². The molecule has 0 heterocycles. The fraction of sp³-hybridized carbons (Fsp3) is 0.500. The highest BCUT2D eigenvalue weighted by atomic mass is 35.5. The van der Waals surface area contributed by atoms with E-state index in [1.54, 1.807) is 0 Å². The summed E-state index contributed by atoms with van der Waals surface area (Å²) in [7, 11) is 0. The van der Waals surface area contributed by atoms with Crippen LogP contribution in [0.5, 0.6) is 5.75 Å². The first kappa shape index (κ1) is 15.7. The Morgan fingerprint density at radius 1 is 1.58 bits per heavy atom. The van der Waals surface area contributed by atoms with Crippen molar-refractivity contribution in [3.05, 3.63) is 33.3 Å². The van der Waals surface area contributed by atoms with Crippen LogP contribution in [0.3, 0.4) is 0 Å². The number of ether oxygens (including phenoxy) is 1. The number of aliphatic hydroxyl groups excluding tert-OH is 1. The predicted octanol–water partition coefficient (Wildman–Crippen LogP) is 1.99. The lowest BCUT2D eigenvalue weighted by atomic mass is 10.3. The maximum atomic E-state index is 10.8. The number of aliphatic hydroxyl groups is 1. The molecule has 0 aliphatic heterocycles. The third kappa shape index (κ3) is 5.42. The van der Waals surface area contributed by atoms with Gasteiger partial charge in [-0.1, -0.05) is 18.5 Å². The van der Waals surface area contributed by atoms with Crippen LogP contribution in [0.25, 0.3) is 0 Å². The maximum Gasteiger partial charge on any atom is 0.311 e. The Morgan fingerprint density at radius 2 is 2.32 bits per heavy atom. The molecular weight excluding hydrogens is 272 g/mol. The number of hydrogen-bond acceptors (Lipinski definition) is 5. The van der Waals surface area contributed by atoms with Crippen molar-refractivity contribution < 1.29 is 14.8 Å². The summed E-state index contributed by atoms with van der Waals surface area (Å²) in [5.74, 6) is 0.0621. The number of hydrogen-bond donors (Lipinski definition) is 2. The van der Waals surface area contributed by atoms with Crippen molar-refractivity contribution in [2.45, 2.75) is 19.4 Å². The third-order valence-electron chi connectivity index (χ3n) is 2.36. The van der Waals surface area contributed by atoms with Gasteiger partial charge in [-0.25, -0.2) is 0 Å². The molecule has 0 aromatic heterocycles. The molecule has 0 spiro atoms. The Balaban J connectivity index is 2.56. The van der Waals surface area contributed by atoms with E-state index in [4.69, 9.17) is 16.3 Å². The summed E-state index contributed by atoms with van der Waals surface area (Å²) in [4.78, 5) is 10.2. The number of nitro groups is 1. The van der Waals surface area contributed by atoms with Gasteiger partial charge in [0.25, 0.3) is 0 Å². The van der Waals surface area contributed by atoms with Crippen molar-refractivity contribution in [3.8, 4) is 5.75 Å². The molecule has 7 heteroatoms. The molecule has 0 amide bonds. The zero-order valence-corrected chi connectivity index (χ0v) is 11.4. The van der Waals surface area contributed by atoms with Gasteiger partial charge in [-0.3, -0.25) is 10.1 Å². The average Bonchev–Trinajstić information content (AvgIpc) is 2.36. The second-order valence-electron chi connectivity index (χ2n) is 4.04. The fourth-order valence-electron chi connectivity index (χ4n) is 1.44. The Morgan fingerprint density at radius 3 is 2.95 bits per heavy atom. The molecule has 0 saturated heterocycles. The van der Waals surface area contributed by atoms with Crippen LogP contribution in [0, 0.1) is 10.1 Å². The summed E-state index contributed by atoms with van der Waals surface area (Å²) in [6, 6.07) is 4.07. The number of halogens is 1. The smallest absolute Gasteiger partial charge is 0.311 e. The van der Waals surface area contributed by atoms with Gasteiger partial charge in [0.15, 0.2) is 5.75 Å². The molecule has 6 nitrogen and oxygen atoms in total. The summed E-state index contributed by atoms with van der Waals surface area (Å²) in [5.41, 5.74) is -0.168. The van der Waals surface area contributed by atoms with Gasteiger partial charge < -0.3 is 15.2 Å². The van der Waals surface area contributed by atoms with Gasteiger partial charge in [0.2, 0.25) is 0 Å². The van der Waals surface area contributed by atoms with Crippen LogP contribution in [0.2, 0.25) is 5.02 Å². The Hall–Kier alpha value is -1.37. The van der Waals surface area contributed by atoms with Gasteiger partial charge in [-0.2, -0.15) is 0 Å². The van der Waals surface area contributed by atoms with Crippen molar-refractivity contribution in [1.29, 1.82) is 0 Å². The monoisotopic (exact) mass is 288 g/mol. The maximum absolute atomic E-state index is 10.8. The summed E-state index contributed by atoms with van der Waals surface area (Å²) in [6.07, 6.45) is 0.234. The lowest BCUT2D eigenvalue weighted by molar-refractivity contribution is -0.385. The van der Waals surface area contributed by atoms with Crippen LogP contribution >= 0.6 is 11.6 Å². The van der Waals surface area contributed by atoms with E-state index in [0.29, 0.717) is 11.6 Å². The van der Waals surface area contributed by atoms with Crippen LogP contribution in [-0.2, 0) is 0 Å². The standard InChI is InChI=1S/C12H17ClN2O4/c1-2-5-14-7-10(16)8-19-12-6-9(13)3-4-11(12)15(17)18/h3-4,6,10,14,16H,2,5,7-8H2,1H3. The Labute approximate surface area is 116 Å². The number of nitro benzene ring substituents is 1. The molecule has 0 saturated carbocycles. The van der Waals surface area contributed by atoms with Crippen molar-refractivity contribution in [2.24, 2.45) is 0 Å². The normalized spacial score (nSPS) is 12.2. The predicted molar refractivity (Wildman–Crippen MR) is 72.8 cm³/mol. The van der Waals surface area contributed by atoms with Crippen LogP contribution in [0.15, 0.2) is 18.2 Å². The highest BCUT2D eigenvalue weighted by Crippen LogP contribution is 2.29. The number of rotatable bonds is 8. The summed E-state index contributed by atoms with van der Waals surface area (Å²) in [5, 5.41) is 23.8. The lowest BCUT2D eigenvalue weighted by Gasteiger charge is -2.13. The minimum absolute atomic E-state index is 0.0299. The van der Waals surface area contributed by atoms with E-state index in [1.807, 2.05) is 6.92 Å². The topological polar surface area (TPSA) is 84.6 Å². The highest BCUT2D eigenvalue weighted by Gasteiger charge is 2.16. The minimum atomic E-state index is -0.731. The summed E-state index contributed by atoms with van der Waals surface area (Å²) >= 11 is 5.76. The zero-order valence-electron chi connectivity index (χ0n) is 10.6. The molecule has 1 aromatic carbocycles.